The summed E-state index contributed by atoms with van der Waals surface area (Å²) in [5.74, 6) is -0.223. The molecule has 1 aliphatic heterocycles. The number of fused-ring (bicyclic) bond motifs is 3. The van der Waals surface area contributed by atoms with Crippen molar-refractivity contribution in [2.45, 2.75) is 6.18 Å². The Kier molecular flexibility index (Phi) is 27.1. The molecule has 5 aromatic carbocycles. The van der Waals surface area contributed by atoms with Crippen molar-refractivity contribution in [3.63, 3.8) is 0 Å². The maximum absolute atomic E-state index is 14.7. The molecule has 4 N–H and O–H groups in total. The summed E-state index contributed by atoms with van der Waals surface area (Å²) in [5, 5.41) is 23.8. The van der Waals surface area contributed by atoms with Gasteiger partial charge in [-0.15, -0.1) is 0 Å². The molecule has 3 aromatic heterocycles. The summed E-state index contributed by atoms with van der Waals surface area (Å²) >= 11 is 12.4. The molecule has 8 aromatic rings. The third kappa shape index (κ3) is 18.9. The number of halogens is 7. The minimum Gasteiger partial charge on any atom is -1.00 e. The Labute approximate surface area is 516 Å². The maximum atomic E-state index is 14.7. The van der Waals surface area contributed by atoms with Crippen LogP contribution < -0.4 is 134 Å². The molecule has 2 amide bonds. The van der Waals surface area contributed by atoms with E-state index in [1.54, 1.807) is 25.6 Å². The van der Waals surface area contributed by atoms with Crippen LogP contribution in [0.5, 0.6) is 5.88 Å². The van der Waals surface area contributed by atoms with E-state index in [9.17, 15) is 27.2 Å². The number of alkyl halides is 3. The van der Waals surface area contributed by atoms with E-state index in [0.29, 0.717) is 27.9 Å². The molecule has 0 spiro atoms. The normalized spacial score (nSPS) is 11.5. The molecule has 1 aliphatic rings. The van der Waals surface area contributed by atoms with Crippen molar-refractivity contribution in [1.82, 2.24) is 35.2 Å². The van der Waals surface area contributed by atoms with E-state index in [0.717, 1.165) is 94.6 Å². The summed E-state index contributed by atoms with van der Waals surface area (Å²) in [6, 6.07) is 22.8. The second-order valence-corrected chi connectivity index (χ2v) is 16.1. The van der Waals surface area contributed by atoms with Crippen LogP contribution in [0.4, 0.5) is 39.5 Å². The summed E-state index contributed by atoms with van der Waals surface area (Å²) in [6.07, 6.45) is 0.254. The zero-order valence-corrected chi connectivity index (χ0v) is 48.7. The number of carbonyl (C=O) groups excluding carboxylic acids is 3. The topological polar surface area (TPSA) is 230 Å². The maximum Gasteiger partial charge on any atom is 1.00 e. The quantitative estimate of drug-likeness (QED) is 0.0449. The number of piperazine rings is 1. The zero-order chi connectivity index (χ0) is 50.8. The first kappa shape index (κ1) is 62.5. The van der Waals surface area contributed by atoms with E-state index in [4.69, 9.17) is 31.5 Å². The molecule has 1 fully saturated rings. The fourth-order valence-electron chi connectivity index (χ4n) is 6.22. The second-order valence-electron chi connectivity index (χ2n) is 13.9. The van der Waals surface area contributed by atoms with Crippen LogP contribution in [0.15, 0.2) is 125 Å². The van der Waals surface area contributed by atoms with Crippen molar-refractivity contribution >= 4 is 112 Å². The fraction of sp³-hybridized carbons (Fsp3) is 0.152. The van der Waals surface area contributed by atoms with Crippen LogP contribution in [-0.2, 0) is 15.9 Å². The van der Waals surface area contributed by atoms with E-state index in [2.05, 4.69) is 87.5 Å². The fourth-order valence-corrected chi connectivity index (χ4v) is 7.05. The van der Waals surface area contributed by atoms with Gasteiger partial charge in [0.15, 0.2) is 5.78 Å². The van der Waals surface area contributed by atoms with Gasteiger partial charge in [0.1, 0.15) is 16.8 Å². The van der Waals surface area contributed by atoms with Crippen LogP contribution in [0.1, 0.15) is 22.9 Å². The van der Waals surface area contributed by atoms with Crippen LogP contribution in [-0.4, -0.2) is 93.7 Å². The van der Waals surface area contributed by atoms with Crippen LogP contribution in [0.2, 0.25) is 5.15 Å². The van der Waals surface area contributed by atoms with Crippen molar-refractivity contribution in [3.05, 3.63) is 152 Å². The molecule has 0 unspecified atom stereocenters. The monoisotopic (exact) mass is 1190 g/mol. The van der Waals surface area contributed by atoms with Crippen molar-refractivity contribution in [2.75, 3.05) is 55.9 Å². The van der Waals surface area contributed by atoms with Crippen molar-refractivity contribution < 1.29 is 156 Å². The van der Waals surface area contributed by atoms with Gasteiger partial charge in [0, 0.05) is 59.2 Å². The molecule has 9 rings (SSSR count). The number of aliphatic hydroxyl groups is 1. The van der Waals surface area contributed by atoms with E-state index < -0.39 is 29.4 Å². The van der Waals surface area contributed by atoms with Crippen LogP contribution in [0.3, 0.4) is 0 Å². The minimum atomic E-state index is -4.57. The predicted octanol–water partition coefficient (Wildman–Crippen LogP) is 2.68. The number of amides is 2. The Morgan fingerprint density at radius 2 is 1.33 bits per heavy atom. The molecule has 366 valence electrons. The molecule has 0 aliphatic carbocycles. The molecule has 0 saturated carbocycles. The third-order valence-electron chi connectivity index (χ3n) is 9.35. The smallest absolute Gasteiger partial charge is 1.00 e. The number of anilines is 3. The van der Waals surface area contributed by atoms with Gasteiger partial charge < -0.3 is 42.3 Å². The molecular weight excluding hydrogens is 1150 g/mol. The molecule has 0 bridgehead atoms. The van der Waals surface area contributed by atoms with Crippen molar-refractivity contribution in [1.29, 1.82) is 0 Å². The van der Waals surface area contributed by atoms with Gasteiger partial charge >= 0.3 is 115 Å². The van der Waals surface area contributed by atoms with Gasteiger partial charge in [0.2, 0.25) is 5.88 Å². The third-order valence-corrected chi connectivity index (χ3v) is 10.5. The molecule has 72 heavy (non-hydrogen) atoms. The van der Waals surface area contributed by atoms with Gasteiger partial charge in [-0.3, -0.25) is 19.6 Å². The number of methoxy groups -OCH3 is 1. The second kappa shape index (κ2) is 31.2. The number of aliphatic hydroxyl groups excluding tert-OH is 1. The summed E-state index contributed by atoms with van der Waals surface area (Å²) in [5.41, 5.74) is 3.35. The van der Waals surface area contributed by atoms with E-state index in [-0.39, 0.29) is 133 Å². The van der Waals surface area contributed by atoms with Crippen LogP contribution in [0, 0.1) is 5.82 Å². The largest absolute Gasteiger partial charge is 1.00 e. The number of ketones is 1. The Bertz CT molecular complexity index is 3070. The number of hydrogen-bond donors (Lipinski definition) is 4. The number of rotatable bonds is 7. The number of hydrogen-bond acceptors (Lipinski definition) is 15. The van der Waals surface area contributed by atoms with Crippen LogP contribution in [0.25, 0.3) is 33.1 Å². The first-order chi connectivity index (χ1) is 33.6. The molecule has 17 nitrogen and oxygen atoms in total. The Morgan fingerprint density at radius 3 is 1.93 bits per heavy atom. The number of nitrogens with zero attached hydrogens (tertiary/aromatic N) is 7. The summed E-state index contributed by atoms with van der Waals surface area (Å²) < 4.78 is 60.4. The molecule has 0 radical (unpaired) electrons. The Balaban J connectivity index is 0.000000436. The number of aromatic nitrogens is 6. The average molecular weight is 1190 g/mol. The van der Waals surface area contributed by atoms with Gasteiger partial charge in [0.05, 0.1) is 69.9 Å². The minimum absolute atomic E-state index is 0. The first-order valence-corrected chi connectivity index (χ1v) is 22.1. The van der Waals surface area contributed by atoms with Crippen molar-refractivity contribution in [3.8, 4) is 5.88 Å². The van der Waals surface area contributed by atoms with Gasteiger partial charge in [-0.2, -0.15) is 13.2 Å². The summed E-state index contributed by atoms with van der Waals surface area (Å²) in [7, 11) is 2.58. The molecule has 1 saturated heterocycles. The van der Waals surface area contributed by atoms with E-state index in [1.165, 1.54) is 30.5 Å². The number of nitrogens with one attached hydrogen (secondary N) is 3. The number of urea groups is 1. The first-order valence-electron chi connectivity index (χ1n) is 20.2. The molecular formula is C46H39Br2ClF4K2N10O7. The predicted molar refractivity (Wildman–Crippen MR) is 261 cm³/mol. The standard InChI is InChI=1S/C27H22F4N6O2.C9H7BrN2O.C8H4BrClN2.CH2O3.CH4O.2K.H/c28-21-6-5-19(35-26(39)34-18-3-1-2-17(13-18)27(29,30)31)14-20(21)25(38)16-4-7-22-23(12-16)36-24(15-33-22)37-10-8-32-9-11-37;1-13-9-5-11-7-3-2-6(10)4-8(7)12-9;9-5-1-2-6-7(3-5)12-8(10)4-11-6;2-1-4-3;1-2;;;/h1-7,12-15,32H,8-11H2,(H2,34,35,39);2-5H,1H3;1-4H;1,3H;2H,1H3;;;/q;;;;;2*+1;-1/p-1. The SMILES string of the molecule is CO.COc1cnc2ccc(Br)cc2n1.Clc1cnc2ccc(Br)cc2n1.O=C(Nc1cccc(C(F)(F)F)c1)Nc1ccc(F)c(C(=O)c2ccc3ncc(N4CCNCC4)nc3c2)c1.O=CO[O-].[H-].[K+].[K+]. The zero-order valence-electron chi connectivity index (χ0n) is 39.5. The average Bonchev–Trinajstić information content (AvgIpc) is 3.37. The number of carbonyl (C=O) groups is 3. The Morgan fingerprint density at radius 1 is 0.778 bits per heavy atom. The molecule has 0 atom stereocenters. The van der Waals surface area contributed by atoms with Gasteiger partial charge in [-0.25, -0.2) is 29.1 Å². The summed E-state index contributed by atoms with van der Waals surface area (Å²) in [6.45, 7) is 3.00. The molecule has 4 heterocycles. The number of ether oxygens (including phenoxy) is 1. The Hall–Kier alpha value is -3.75. The number of benzene rings is 5. The summed E-state index contributed by atoms with van der Waals surface area (Å²) in [4.78, 5) is 64.6. The van der Waals surface area contributed by atoms with E-state index in [1.807, 2.05) is 36.4 Å². The van der Waals surface area contributed by atoms with Crippen molar-refractivity contribution in [2.24, 2.45) is 0 Å². The van der Waals surface area contributed by atoms with Gasteiger partial charge in [-0.05, 0) is 91.0 Å². The van der Waals surface area contributed by atoms with Gasteiger partial charge in [0.25, 0.3) is 6.47 Å². The molecule has 26 heteroatoms. The van der Waals surface area contributed by atoms with E-state index >= 15 is 0 Å². The van der Waals surface area contributed by atoms with Gasteiger partial charge in [-0.1, -0.05) is 49.5 Å². The van der Waals surface area contributed by atoms with Crippen LogP contribution >= 0.6 is 43.5 Å².